The Kier molecular flexibility index (Phi) is 10.9. The van der Waals surface area contributed by atoms with Crippen molar-refractivity contribution >= 4 is 25.6 Å². The second-order valence-electron chi connectivity index (χ2n) is 5.75. The maximum absolute atomic E-state index is 2.34. The van der Waals surface area contributed by atoms with Gasteiger partial charge < -0.3 is 0 Å². The quantitative estimate of drug-likeness (QED) is 0.559. The summed E-state index contributed by atoms with van der Waals surface area (Å²) in [6.07, 6.45) is 4.24. The average molecular weight is 190 g/mol. The van der Waals surface area contributed by atoms with Gasteiger partial charge in [0.1, 0.15) is 6.71 Å². The van der Waals surface area contributed by atoms with Gasteiger partial charge in [0.25, 0.3) is 0 Å². The van der Waals surface area contributed by atoms with Crippen LogP contribution in [0.5, 0.6) is 0 Å². The summed E-state index contributed by atoms with van der Waals surface area (Å²) in [5.41, 5.74) is 0. The third kappa shape index (κ3) is 10.7. The fraction of sp³-hybridized carbons (Fsp3) is 1.00. The van der Waals surface area contributed by atoms with Crippen LogP contribution < -0.4 is 0 Å². The molecule has 0 rings (SSSR count). The Balaban J connectivity index is 0. The molecule has 0 aromatic heterocycles. The van der Waals surface area contributed by atoms with E-state index in [1.807, 2.05) is 0 Å². The van der Waals surface area contributed by atoms with Crippen LogP contribution in [0.4, 0.5) is 0 Å². The van der Waals surface area contributed by atoms with Crippen molar-refractivity contribution < 1.29 is 0 Å². The first-order valence-electron chi connectivity index (χ1n) is 5.91. The van der Waals surface area contributed by atoms with E-state index in [1.54, 1.807) is 0 Å². The molecule has 0 atom stereocenters. The molecule has 0 bridgehead atoms. The van der Waals surface area contributed by atoms with Gasteiger partial charge in [-0.1, -0.05) is 78.3 Å². The van der Waals surface area contributed by atoms with Crippen LogP contribution in [0.2, 0.25) is 19.0 Å². The summed E-state index contributed by atoms with van der Waals surface area (Å²) >= 11 is 0. The molecule has 0 fully saturated rings. The van der Waals surface area contributed by atoms with Crippen LogP contribution in [-0.4, -0.2) is 25.6 Å². The number of hydrogen-bond donors (Lipinski definition) is 0. The molecule has 0 aliphatic carbocycles. The zero-order chi connectivity index (χ0) is 10.4. The number of rotatable bonds is 6. The van der Waals surface area contributed by atoms with Crippen molar-refractivity contribution in [3.8, 4) is 0 Å². The van der Waals surface area contributed by atoms with Crippen molar-refractivity contribution in [3.05, 3.63) is 0 Å². The van der Waals surface area contributed by atoms with Gasteiger partial charge in [-0.15, -0.1) is 0 Å². The average Bonchev–Trinajstić information content (AvgIpc) is 1.80. The normalized spacial score (nSPS) is 10.9. The van der Waals surface area contributed by atoms with Crippen LogP contribution in [0, 0.1) is 17.8 Å². The fourth-order valence-corrected chi connectivity index (χ4v) is 2.29. The van der Waals surface area contributed by atoms with Gasteiger partial charge in [0, 0.05) is 0 Å². The molecule has 0 spiro atoms. The monoisotopic (exact) mass is 190 g/mol. The van der Waals surface area contributed by atoms with E-state index in [1.165, 1.54) is 19.0 Å². The Labute approximate surface area is 104 Å². The molecule has 80 valence electrons. The molecule has 0 amide bonds. The molecule has 0 radical (unpaired) electrons. The maximum atomic E-state index is 2.34. The molecular weight excluding hydrogens is 162 g/mol. The Bertz CT molecular complexity index is 97.7. The number of hydrogen-bond acceptors (Lipinski definition) is 0. The summed E-state index contributed by atoms with van der Waals surface area (Å²) in [6.45, 7) is 15.0. The second kappa shape index (κ2) is 8.93. The molecule has 0 aromatic rings. The Hall–Kier alpha value is 0.662. The Morgan fingerprint density at radius 1 is 0.643 bits per heavy atom. The van der Waals surface area contributed by atoms with E-state index in [9.17, 15) is 0 Å². The summed E-state index contributed by atoms with van der Waals surface area (Å²) in [7, 11) is 0. The van der Waals surface area contributed by atoms with E-state index >= 15 is 0 Å². The van der Waals surface area contributed by atoms with E-state index in [4.69, 9.17) is 0 Å². The van der Waals surface area contributed by atoms with Gasteiger partial charge in [-0.2, -0.15) is 0 Å². The molecular formula is C12H28BLi. The third-order valence-electron chi connectivity index (χ3n) is 2.41. The summed E-state index contributed by atoms with van der Waals surface area (Å²) in [5.74, 6) is 2.59. The van der Waals surface area contributed by atoms with E-state index < -0.39 is 0 Å². The minimum absolute atomic E-state index is 0. The van der Waals surface area contributed by atoms with Crippen LogP contribution >= 0.6 is 0 Å². The predicted molar refractivity (Wildman–Crippen MR) is 71.8 cm³/mol. The van der Waals surface area contributed by atoms with Crippen molar-refractivity contribution in [1.29, 1.82) is 0 Å². The van der Waals surface area contributed by atoms with Crippen LogP contribution in [0.1, 0.15) is 41.5 Å². The van der Waals surface area contributed by atoms with Crippen LogP contribution in [0.15, 0.2) is 0 Å². The third-order valence-corrected chi connectivity index (χ3v) is 2.41. The molecule has 0 aromatic carbocycles. The van der Waals surface area contributed by atoms with Gasteiger partial charge in [-0.3, -0.25) is 0 Å². The van der Waals surface area contributed by atoms with E-state index in [0.717, 1.165) is 24.5 Å². The molecule has 2 heteroatoms. The van der Waals surface area contributed by atoms with Crippen LogP contribution in [0.3, 0.4) is 0 Å². The standard InChI is InChI=1S/C12H27B.Li.H/c1-10(2)7-13(8-11(3)4)9-12(5)6;;/h10-12H,7-9H2,1-6H3;;. The van der Waals surface area contributed by atoms with E-state index in [2.05, 4.69) is 41.5 Å². The summed E-state index contributed by atoms with van der Waals surface area (Å²) < 4.78 is 0. The molecule has 14 heavy (non-hydrogen) atoms. The zero-order valence-electron chi connectivity index (χ0n) is 10.4. The molecule has 0 aliphatic heterocycles. The van der Waals surface area contributed by atoms with Gasteiger partial charge in [-0.05, 0) is 0 Å². The van der Waals surface area contributed by atoms with Crippen LogP contribution in [0.25, 0.3) is 0 Å². The van der Waals surface area contributed by atoms with E-state index in [-0.39, 0.29) is 18.9 Å². The van der Waals surface area contributed by atoms with Crippen molar-refractivity contribution in [2.75, 3.05) is 0 Å². The van der Waals surface area contributed by atoms with E-state index in [0.29, 0.717) is 0 Å². The van der Waals surface area contributed by atoms with Gasteiger partial charge in [-0.25, -0.2) is 0 Å². The van der Waals surface area contributed by atoms with Gasteiger partial charge in [0.2, 0.25) is 0 Å². The van der Waals surface area contributed by atoms with Gasteiger partial charge in [0.15, 0.2) is 0 Å². The molecule has 0 nitrogen and oxygen atoms in total. The molecule has 0 saturated heterocycles. The van der Waals surface area contributed by atoms with Crippen LogP contribution in [-0.2, 0) is 0 Å². The molecule has 0 unspecified atom stereocenters. The SMILES string of the molecule is CC(C)CB(CC(C)C)CC(C)C.[LiH]. The van der Waals surface area contributed by atoms with Gasteiger partial charge >= 0.3 is 18.9 Å². The predicted octanol–water partition coefficient (Wildman–Crippen LogP) is 3.80. The first-order valence-corrected chi connectivity index (χ1v) is 5.91. The molecule has 0 aliphatic rings. The first kappa shape index (κ1) is 17.1. The first-order chi connectivity index (χ1) is 5.91. The molecule has 0 N–H and O–H groups in total. The molecule has 0 heterocycles. The van der Waals surface area contributed by atoms with Crippen molar-refractivity contribution in [2.24, 2.45) is 17.8 Å². The topological polar surface area (TPSA) is 0 Å². The van der Waals surface area contributed by atoms with Gasteiger partial charge in [0.05, 0.1) is 0 Å². The Morgan fingerprint density at radius 2 is 0.857 bits per heavy atom. The second-order valence-corrected chi connectivity index (χ2v) is 5.75. The summed E-state index contributed by atoms with van der Waals surface area (Å²) in [5, 5.41) is 0. The summed E-state index contributed by atoms with van der Waals surface area (Å²) in [4.78, 5) is 0. The molecule has 0 saturated carbocycles. The van der Waals surface area contributed by atoms with Crippen molar-refractivity contribution in [1.82, 2.24) is 0 Å². The minimum atomic E-state index is 0. The zero-order valence-corrected chi connectivity index (χ0v) is 10.4. The summed E-state index contributed by atoms with van der Waals surface area (Å²) in [6, 6.07) is 0. The fourth-order valence-electron chi connectivity index (χ4n) is 2.29. The Morgan fingerprint density at radius 3 is 1.00 bits per heavy atom. The van der Waals surface area contributed by atoms with Crippen molar-refractivity contribution in [3.63, 3.8) is 0 Å². The van der Waals surface area contributed by atoms with Crippen molar-refractivity contribution in [2.45, 2.75) is 60.5 Å².